The van der Waals surface area contributed by atoms with Crippen molar-refractivity contribution in [1.82, 2.24) is 9.21 Å². The maximum absolute atomic E-state index is 12.5. The van der Waals surface area contributed by atoms with E-state index in [0.717, 1.165) is 12.6 Å². The SMILES string of the molecule is CCC(C)N(C(=O)N(C)C(=O)Oc1cccc2c1OC(C)(C)C2)S(N)(=O)=O. The molecule has 1 aromatic rings. The van der Waals surface area contributed by atoms with E-state index in [1.807, 2.05) is 19.9 Å². The van der Waals surface area contributed by atoms with Crippen LogP contribution in [0, 0.1) is 0 Å². The number of hydrogen-bond acceptors (Lipinski definition) is 6. The van der Waals surface area contributed by atoms with Crippen molar-refractivity contribution < 1.29 is 27.5 Å². The monoisotopic (exact) mass is 399 g/mol. The molecule has 0 saturated carbocycles. The average molecular weight is 399 g/mol. The molecule has 0 aromatic heterocycles. The van der Waals surface area contributed by atoms with Gasteiger partial charge in [0.25, 0.3) is 0 Å². The van der Waals surface area contributed by atoms with Crippen molar-refractivity contribution in [3.8, 4) is 11.5 Å². The maximum Gasteiger partial charge on any atom is 0.423 e. The first-order valence-corrected chi connectivity index (χ1v) is 10.00. The zero-order chi connectivity index (χ0) is 20.6. The molecule has 1 aromatic carbocycles. The molecule has 0 radical (unpaired) electrons. The molecule has 1 heterocycles. The number of nitrogens with zero attached hydrogens (tertiary/aromatic N) is 2. The molecule has 2 N–H and O–H groups in total. The first kappa shape index (κ1) is 21.0. The fraction of sp³-hybridized carbons (Fsp3) is 0.529. The summed E-state index contributed by atoms with van der Waals surface area (Å²) >= 11 is 0. The molecule has 1 atom stereocenters. The molecule has 9 nitrogen and oxygen atoms in total. The minimum absolute atomic E-state index is 0.161. The summed E-state index contributed by atoms with van der Waals surface area (Å²) in [6, 6.07) is 3.31. The van der Waals surface area contributed by atoms with Gasteiger partial charge in [0.1, 0.15) is 5.60 Å². The lowest BCUT2D eigenvalue weighted by Crippen LogP contribution is -2.53. The zero-order valence-corrected chi connectivity index (χ0v) is 16.9. The van der Waals surface area contributed by atoms with Crippen molar-refractivity contribution in [3.05, 3.63) is 23.8 Å². The highest BCUT2D eigenvalue weighted by atomic mass is 32.2. The first-order chi connectivity index (χ1) is 12.4. The van der Waals surface area contributed by atoms with Crippen LogP contribution in [0.15, 0.2) is 18.2 Å². The molecule has 0 bridgehead atoms. The predicted octanol–water partition coefficient (Wildman–Crippen LogP) is 2.25. The lowest BCUT2D eigenvalue weighted by molar-refractivity contribution is 0.127. The molecule has 3 amide bonds. The van der Waals surface area contributed by atoms with E-state index in [1.54, 1.807) is 19.1 Å². The Labute approximate surface area is 159 Å². The molecule has 150 valence electrons. The van der Waals surface area contributed by atoms with E-state index < -0.39 is 34.0 Å². The molecule has 1 unspecified atom stereocenters. The second-order valence-corrected chi connectivity index (χ2v) is 8.51. The van der Waals surface area contributed by atoms with Gasteiger partial charge in [-0.15, -0.1) is 0 Å². The summed E-state index contributed by atoms with van der Waals surface area (Å²) in [5, 5.41) is 5.13. The van der Waals surface area contributed by atoms with Crippen molar-refractivity contribution in [2.75, 3.05) is 7.05 Å². The van der Waals surface area contributed by atoms with Crippen molar-refractivity contribution in [1.29, 1.82) is 0 Å². The Hall–Kier alpha value is -2.33. The smallest absolute Gasteiger partial charge is 0.423 e. The van der Waals surface area contributed by atoms with Gasteiger partial charge in [-0.25, -0.2) is 23.9 Å². The van der Waals surface area contributed by atoms with Crippen LogP contribution in [0.3, 0.4) is 0 Å². The van der Waals surface area contributed by atoms with Gasteiger partial charge in [-0.05, 0) is 33.3 Å². The molecule has 1 aliphatic rings. The van der Waals surface area contributed by atoms with Gasteiger partial charge < -0.3 is 9.47 Å². The fourth-order valence-electron chi connectivity index (χ4n) is 2.77. The number of hydrogen-bond donors (Lipinski definition) is 1. The molecule has 27 heavy (non-hydrogen) atoms. The Morgan fingerprint density at radius 2 is 2.00 bits per heavy atom. The van der Waals surface area contributed by atoms with E-state index in [4.69, 9.17) is 14.6 Å². The quantitative estimate of drug-likeness (QED) is 0.829. The molecule has 0 aliphatic carbocycles. The van der Waals surface area contributed by atoms with Gasteiger partial charge in [-0.1, -0.05) is 19.1 Å². The van der Waals surface area contributed by atoms with Crippen molar-refractivity contribution in [3.63, 3.8) is 0 Å². The number of carbonyl (C=O) groups excluding carboxylic acids is 2. The third-order valence-corrected chi connectivity index (χ3v) is 5.33. The molecule has 2 rings (SSSR count). The Kier molecular flexibility index (Phi) is 5.71. The number of nitrogens with two attached hydrogens (primary N) is 1. The highest BCUT2D eigenvalue weighted by Crippen LogP contribution is 2.41. The van der Waals surface area contributed by atoms with Crippen molar-refractivity contribution in [2.45, 2.75) is 52.2 Å². The lowest BCUT2D eigenvalue weighted by Gasteiger charge is -2.28. The third kappa shape index (κ3) is 4.51. The fourth-order valence-corrected chi connectivity index (χ4v) is 3.76. The number of imide groups is 1. The number of fused-ring (bicyclic) bond motifs is 1. The van der Waals surface area contributed by atoms with E-state index in [2.05, 4.69) is 0 Å². The molecular weight excluding hydrogens is 374 g/mol. The van der Waals surface area contributed by atoms with Crippen LogP contribution >= 0.6 is 0 Å². The van der Waals surface area contributed by atoms with Crippen molar-refractivity contribution >= 4 is 22.3 Å². The number of amides is 3. The first-order valence-electron chi connectivity index (χ1n) is 8.50. The summed E-state index contributed by atoms with van der Waals surface area (Å²) in [6.45, 7) is 7.02. The van der Waals surface area contributed by atoms with Crippen LogP contribution < -0.4 is 14.6 Å². The number of rotatable bonds is 4. The van der Waals surface area contributed by atoms with Gasteiger partial charge >= 0.3 is 22.3 Å². The predicted molar refractivity (Wildman–Crippen MR) is 98.7 cm³/mol. The average Bonchev–Trinajstić information content (AvgIpc) is 2.87. The molecule has 10 heteroatoms. The normalized spacial score (nSPS) is 16.1. The summed E-state index contributed by atoms with van der Waals surface area (Å²) in [4.78, 5) is 25.5. The topological polar surface area (TPSA) is 119 Å². The van der Waals surface area contributed by atoms with E-state index in [9.17, 15) is 18.0 Å². The summed E-state index contributed by atoms with van der Waals surface area (Å²) in [6.07, 6.45) is -0.0609. The minimum Gasteiger partial charge on any atom is -0.483 e. The van der Waals surface area contributed by atoms with E-state index >= 15 is 0 Å². The number of benzene rings is 1. The number of urea groups is 1. The number of ether oxygens (including phenoxy) is 2. The van der Waals surface area contributed by atoms with Crippen LogP contribution in [0.25, 0.3) is 0 Å². The third-order valence-electron chi connectivity index (χ3n) is 4.27. The van der Waals surface area contributed by atoms with Crippen LogP contribution in [0.4, 0.5) is 9.59 Å². The van der Waals surface area contributed by atoms with Crippen LogP contribution in [0.1, 0.15) is 39.7 Å². The Balaban J connectivity index is 2.22. The van der Waals surface area contributed by atoms with Gasteiger partial charge in [0, 0.05) is 25.1 Å². The summed E-state index contributed by atoms with van der Waals surface area (Å²) in [5.74, 6) is 0.593. The van der Waals surface area contributed by atoms with Crippen LogP contribution in [-0.4, -0.2) is 48.4 Å². The molecule has 1 aliphatic heterocycles. The highest BCUT2D eigenvalue weighted by Gasteiger charge is 2.36. The van der Waals surface area contributed by atoms with Crippen LogP contribution in [-0.2, 0) is 16.6 Å². The summed E-state index contributed by atoms with van der Waals surface area (Å²) < 4.78 is 35.1. The van der Waals surface area contributed by atoms with Gasteiger partial charge in [-0.2, -0.15) is 8.42 Å². The standard InChI is InChI=1S/C17H25N3O6S/c1-6-11(2)20(27(18,23)24)15(21)19(5)16(22)25-13-9-7-8-12-10-17(3,4)26-14(12)13/h7-9,11H,6,10H2,1-5H3,(H2,18,23,24). The van der Waals surface area contributed by atoms with E-state index in [1.165, 1.54) is 6.92 Å². The lowest BCUT2D eigenvalue weighted by atomic mass is 10.0. The zero-order valence-electron chi connectivity index (χ0n) is 16.1. The van der Waals surface area contributed by atoms with Gasteiger partial charge in [0.05, 0.1) is 0 Å². The van der Waals surface area contributed by atoms with Gasteiger partial charge in [0.15, 0.2) is 11.5 Å². The molecule has 0 saturated heterocycles. The van der Waals surface area contributed by atoms with E-state index in [0.29, 0.717) is 27.8 Å². The minimum atomic E-state index is -4.34. The molecule has 0 spiro atoms. The van der Waals surface area contributed by atoms with Crippen LogP contribution in [0.5, 0.6) is 11.5 Å². The Morgan fingerprint density at radius 1 is 1.37 bits per heavy atom. The Morgan fingerprint density at radius 3 is 2.56 bits per heavy atom. The molecule has 0 fully saturated rings. The number of carbonyl (C=O) groups is 2. The second kappa shape index (κ2) is 7.35. The van der Waals surface area contributed by atoms with E-state index in [-0.39, 0.29) is 5.75 Å². The van der Waals surface area contributed by atoms with Gasteiger partial charge in [-0.3, -0.25) is 0 Å². The maximum atomic E-state index is 12.5. The summed E-state index contributed by atoms with van der Waals surface area (Å²) in [7, 11) is -3.22. The van der Waals surface area contributed by atoms with Crippen molar-refractivity contribution in [2.24, 2.45) is 5.14 Å². The largest absolute Gasteiger partial charge is 0.483 e. The van der Waals surface area contributed by atoms with Crippen LogP contribution in [0.2, 0.25) is 0 Å². The second-order valence-electron chi connectivity index (χ2n) is 7.09. The molecular formula is C17H25N3O6S. The highest BCUT2D eigenvalue weighted by molar-refractivity contribution is 7.87. The summed E-state index contributed by atoms with van der Waals surface area (Å²) in [5.41, 5.74) is 0.443. The Bertz CT molecular complexity index is 852. The number of para-hydroxylation sites is 1. The van der Waals surface area contributed by atoms with Gasteiger partial charge in [0.2, 0.25) is 0 Å².